The third-order valence-corrected chi connectivity index (χ3v) is 16.0. The van der Waals surface area contributed by atoms with E-state index in [0.29, 0.717) is 11.1 Å². The Labute approximate surface area is 438 Å². The fourth-order valence-electron chi connectivity index (χ4n) is 12.0. The highest BCUT2D eigenvalue weighted by Gasteiger charge is 2.78. The van der Waals surface area contributed by atoms with Crippen molar-refractivity contribution in [3.8, 4) is 0 Å². The molecule has 2 saturated heterocycles. The Morgan fingerprint density at radius 2 is 1.45 bits per heavy atom. The number of amides is 1. The first-order valence-electron chi connectivity index (χ1n) is 25.0. The molecule has 1 amide bonds. The van der Waals surface area contributed by atoms with Crippen LogP contribution in [0.2, 0.25) is 0 Å². The fourth-order valence-corrected chi connectivity index (χ4v) is 12.0. The van der Waals surface area contributed by atoms with Crippen LogP contribution in [0.25, 0.3) is 0 Å². The van der Waals surface area contributed by atoms with Gasteiger partial charge in [0.05, 0.1) is 37.4 Å². The lowest BCUT2D eigenvalue weighted by atomic mass is 9.44. The van der Waals surface area contributed by atoms with E-state index in [9.17, 15) is 54.6 Å². The molecule has 21 nitrogen and oxygen atoms in total. The number of esters is 4. The number of carbonyl (C=O) groups is 6. The van der Waals surface area contributed by atoms with Gasteiger partial charge in [0.2, 0.25) is 0 Å². The minimum Gasteiger partial charge on any atom is -0.459 e. The number of ketones is 1. The van der Waals surface area contributed by atoms with Gasteiger partial charge in [0.15, 0.2) is 29.9 Å². The summed E-state index contributed by atoms with van der Waals surface area (Å²) in [6.45, 7) is 5.96. The van der Waals surface area contributed by atoms with Crippen molar-refractivity contribution in [3.63, 3.8) is 0 Å². The second kappa shape index (κ2) is 22.2. The van der Waals surface area contributed by atoms with Crippen molar-refractivity contribution >= 4 is 35.6 Å². The van der Waals surface area contributed by atoms with Crippen LogP contribution in [0.1, 0.15) is 81.9 Å². The summed E-state index contributed by atoms with van der Waals surface area (Å²) in [7, 11) is 0. The van der Waals surface area contributed by atoms with E-state index in [1.54, 1.807) is 105 Å². The standard InChI is InChI=1S/C55H65NO20/c1-28-34(73-50(67)42(62)40(32-18-12-8-13-19-32)56-49(66)33-20-14-9-15-21-33)23-55(68)48(69-25-31-16-10-7-11-17-31)46-53(6,47(65)45(72-29(2)58)39(28)52(55,4)5)36(22-37-54(46,27-71-37)76-30(3)59)75-38(60)26-70-51-44(64)43(63)41(61)35(24-57)74-51/h7-21,34-37,40-46,48,51,57,61-64,68H,22-27H2,1-6H3,(H,56,66)/t34-,35+,36-,37+,40-,41+,42+,43+,44-,45+,46-,48-,51?,53+,54-,55+/m0/s1. The molecule has 3 aromatic rings. The van der Waals surface area contributed by atoms with Gasteiger partial charge in [-0.1, -0.05) is 92.7 Å². The van der Waals surface area contributed by atoms with Gasteiger partial charge in [0, 0.05) is 43.6 Å². The Hall–Kier alpha value is -5.98. The molecule has 2 aliphatic heterocycles. The van der Waals surface area contributed by atoms with Crippen LogP contribution in [-0.2, 0) is 68.5 Å². The summed E-state index contributed by atoms with van der Waals surface area (Å²) in [6.07, 6.45) is -19.3. The van der Waals surface area contributed by atoms with Crippen LogP contribution in [0, 0.1) is 16.7 Å². The summed E-state index contributed by atoms with van der Waals surface area (Å²) in [6, 6.07) is 23.7. The number of hydrogen-bond donors (Lipinski definition) is 7. The number of hydrogen-bond acceptors (Lipinski definition) is 20. The minimum absolute atomic E-state index is 0.0248. The first-order valence-corrected chi connectivity index (χ1v) is 25.0. The Morgan fingerprint density at radius 3 is 2.04 bits per heavy atom. The average Bonchev–Trinajstić information content (AvgIpc) is 3.55. The Morgan fingerprint density at radius 1 is 0.816 bits per heavy atom. The molecule has 2 bridgehead atoms. The normalized spacial score (nSPS) is 34.3. The van der Waals surface area contributed by atoms with Crippen molar-refractivity contribution in [1.82, 2.24) is 5.32 Å². The lowest BCUT2D eigenvalue weighted by molar-refractivity contribution is -0.352. The van der Waals surface area contributed by atoms with Crippen LogP contribution in [-0.4, -0.2) is 165 Å². The van der Waals surface area contributed by atoms with Crippen molar-refractivity contribution in [2.75, 3.05) is 19.8 Å². The van der Waals surface area contributed by atoms with Crippen LogP contribution >= 0.6 is 0 Å². The summed E-state index contributed by atoms with van der Waals surface area (Å²) in [4.78, 5) is 85.3. The van der Waals surface area contributed by atoms with Gasteiger partial charge in [-0.25, -0.2) is 9.59 Å². The fraction of sp³-hybridized carbons (Fsp3) is 0.527. The number of rotatable bonds is 16. The highest BCUT2D eigenvalue weighted by atomic mass is 16.7. The smallest absolute Gasteiger partial charge is 0.338 e. The Kier molecular flexibility index (Phi) is 16.4. The molecule has 410 valence electrons. The summed E-state index contributed by atoms with van der Waals surface area (Å²) < 4.78 is 48.6. The monoisotopic (exact) mass is 1060 g/mol. The molecule has 0 aromatic heterocycles. The number of ether oxygens (including phenoxy) is 8. The molecule has 0 radical (unpaired) electrons. The number of aliphatic hydroxyl groups is 6. The molecule has 4 fully saturated rings. The largest absolute Gasteiger partial charge is 0.459 e. The van der Waals surface area contributed by atoms with Gasteiger partial charge in [-0.05, 0) is 48.3 Å². The maximum Gasteiger partial charge on any atom is 0.338 e. The predicted octanol–water partition coefficient (Wildman–Crippen LogP) is 1.46. The zero-order valence-electron chi connectivity index (χ0n) is 42.8. The second-order valence-corrected chi connectivity index (χ2v) is 20.9. The molecule has 21 heteroatoms. The first kappa shape index (κ1) is 56.2. The predicted molar refractivity (Wildman–Crippen MR) is 261 cm³/mol. The molecular weight excluding hydrogens is 995 g/mol. The molecule has 1 unspecified atom stereocenters. The van der Waals surface area contributed by atoms with Crippen LogP contribution in [0.5, 0.6) is 0 Å². The van der Waals surface area contributed by atoms with E-state index >= 15 is 4.79 Å². The van der Waals surface area contributed by atoms with Crippen molar-refractivity contribution in [2.45, 2.75) is 146 Å². The highest BCUT2D eigenvalue weighted by molar-refractivity contribution is 5.96. The van der Waals surface area contributed by atoms with E-state index in [1.807, 2.05) is 0 Å². The maximum absolute atomic E-state index is 16.3. The van der Waals surface area contributed by atoms with Gasteiger partial charge in [0.25, 0.3) is 5.91 Å². The van der Waals surface area contributed by atoms with Gasteiger partial charge in [0.1, 0.15) is 54.9 Å². The molecule has 76 heavy (non-hydrogen) atoms. The summed E-state index contributed by atoms with van der Waals surface area (Å²) in [5.74, 6) is -7.25. The third-order valence-electron chi connectivity index (χ3n) is 16.0. The molecule has 16 atom stereocenters. The van der Waals surface area contributed by atoms with Gasteiger partial charge in [-0.15, -0.1) is 0 Å². The topological polar surface area (TPSA) is 310 Å². The zero-order valence-corrected chi connectivity index (χ0v) is 42.8. The summed E-state index contributed by atoms with van der Waals surface area (Å²) in [5, 5.41) is 69.8. The molecule has 2 saturated carbocycles. The van der Waals surface area contributed by atoms with Crippen LogP contribution in [0.3, 0.4) is 0 Å². The van der Waals surface area contributed by atoms with Crippen molar-refractivity contribution in [2.24, 2.45) is 16.7 Å². The number of Topliss-reactive ketones (excluding diaryl/α,β-unsaturated/α-hetero) is 1. The van der Waals surface area contributed by atoms with Crippen molar-refractivity contribution in [3.05, 3.63) is 119 Å². The molecular formula is C55H65NO20. The van der Waals surface area contributed by atoms with E-state index in [4.69, 9.17) is 37.9 Å². The van der Waals surface area contributed by atoms with E-state index in [1.165, 1.54) is 13.8 Å². The van der Waals surface area contributed by atoms with Gasteiger partial charge in [-0.2, -0.15) is 0 Å². The summed E-state index contributed by atoms with van der Waals surface area (Å²) in [5.41, 5.74) is -6.71. The quantitative estimate of drug-likeness (QED) is 0.0607. The van der Waals surface area contributed by atoms with Crippen molar-refractivity contribution in [1.29, 1.82) is 0 Å². The SMILES string of the molecule is CC(=O)O[C@H]1C(=O)[C@]2(C)[C@@H](OC(=O)COC3O[C@H](CO)[C@@H](O)[C@@H](O)[C@@H]3O)C[C@H]3OC[C@@]3(OC(C)=O)[C@H]2[C@H](OCc2ccccc2)[C@]2(O)C[C@H](OC(=O)[C@H](O)[C@@H](NC(=O)c3ccccc3)c3ccccc3)C(C)=C1C2(C)C. The lowest BCUT2D eigenvalue weighted by Crippen LogP contribution is -2.82. The van der Waals surface area contributed by atoms with Crippen LogP contribution in [0.4, 0.5) is 0 Å². The van der Waals surface area contributed by atoms with E-state index in [-0.39, 0.29) is 36.3 Å². The molecule has 2 heterocycles. The van der Waals surface area contributed by atoms with Gasteiger partial charge < -0.3 is 73.9 Å². The maximum atomic E-state index is 16.3. The number of carbonyl (C=O) groups excluding carboxylic acids is 6. The number of nitrogens with one attached hydrogen (secondary N) is 1. The van der Waals surface area contributed by atoms with Crippen LogP contribution in [0.15, 0.2) is 102 Å². The second-order valence-electron chi connectivity index (χ2n) is 20.9. The molecule has 0 spiro atoms. The number of aliphatic hydroxyl groups excluding tert-OH is 5. The zero-order chi connectivity index (χ0) is 55.1. The molecule has 3 aromatic carbocycles. The van der Waals surface area contributed by atoms with E-state index < -0.39 is 157 Å². The number of benzene rings is 3. The lowest BCUT2D eigenvalue weighted by Gasteiger charge is -2.68. The molecule has 3 aliphatic carbocycles. The highest BCUT2D eigenvalue weighted by Crippen LogP contribution is 2.65. The van der Waals surface area contributed by atoms with E-state index in [0.717, 1.165) is 13.8 Å². The summed E-state index contributed by atoms with van der Waals surface area (Å²) >= 11 is 0. The Balaban J connectivity index is 1.24. The molecule has 7 N–H and O–H groups in total. The van der Waals surface area contributed by atoms with Crippen LogP contribution < -0.4 is 5.32 Å². The van der Waals surface area contributed by atoms with Crippen molar-refractivity contribution < 1.29 is 97.3 Å². The Bertz CT molecular complexity index is 2670. The third kappa shape index (κ3) is 10.2. The number of fused-ring (bicyclic) bond motifs is 5. The average molecular weight is 1060 g/mol. The minimum atomic E-state index is -2.34. The van der Waals surface area contributed by atoms with E-state index in [2.05, 4.69) is 5.32 Å². The first-order chi connectivity index (χ1) is 36.0. The van der Waals surface area contributed by atoms with Gasteiger partial charge in [-0.3, -0.25) is 19.2 Å². The molecule has 5 aliphatic rings. The van der Waals surface area contributed by atoms with Gasteiger partial charge >= 0.3 is 23.9 Å². The molecule has 8 rings (SSSR count).